The summed E-state index contributed by atoms with van der Waals surface area (Å²) in [6.07, 6.45) is 11.5. The number of methoxy groups -OCH3 is 2. The summed E-state index contributed by atoms with van der Waals surface area (Å²) in [5, 5.41) is 27.0. The molecule has 0 spiro atoms. The molecule has 133 heavy (non-hydrogen) atoms. The molecule has 692 valence electrons. The predicted octanol–water partition coefficient (Wildman–Crippen LogP) is 21.6. The Bertz CT molecular complexity index is 5980. The van der Waals surface area contributed by atoms with Gasteiger partial charge in [0.15, 0.2) is 38.0 Å². The molecular weight excluding hydrogens is 1760 g/mol. The molecule has 8 N–H and O–H groups in total. The van der Waals surface area contributed by atoms with Crippen LogP contribution in [0.5, 0.6) is 33.1 Å². The van der Waals surface area contributed by atoms with Gasteiger partial charge in [-0.15, -0.1) is 0 Å². The second kappa shape index (κ2) is 46.8. The van der Waals surface area contributed by atoms with Crippen molar-refractivity contribution in [3.63, 3.8) is 0 Å². The Kier molecular flexibility index (Phi) is 34.6. The Balaban J connectivity index is 0.000000160. The number of carbonyl (C=O) groups is 5. The number of hydrogen-bond donors (Lipinski definition) is 8. The number of amides is 3. The SMILES string of the molecule is C.C=CC(=C)Nc1cccc(C(=O)c2coc(Nc3ccc(N4CCN(C)CC4)cc3OC)c2)c1.C=CC(=O)Nc1cccc(C(=O)c2cnc(Nc3ccc(N4CCN(C)CC4)cc3OC)o2)c1.C=CC(=O)Nc1cccc(Oc2sc(Nc3cc4c(cc3C)CN(C)CC4)nc2Cl)c1.C=CC(=O)Nc1cccc(Oc2sc(Nc3ccc(C4CCN(C)CC4)cc3C)nc2Cl)c1. The number of ketones is 2. The van der Waals surface area contributed by atoms with Crippen LogP contribution in [0.1, 0.15) is 86.0 Å². The molecule has 8 aromatic carbocycles. The number of aromatic nitrogens is 3. The van der Waals surface area contributed by atoms with E-state index >= 15 is 0 Å². The lowest BCUT2D eigenvalue weighted by atomic mass is 9.88. The summed E-state index contributed by atoms with van der Waals surface area (Å²) in [5.74, 6) is 2.19. The lowest BCUT2D eigenvalue weighted by Gasteiger charge is -2.34. The molecule has 32 heteroatoms. The van der Waals surface area contributed by atoms with Gasteiger partial charge in [0.2, 0.25) is 33.6 Å². The van der Waals surface area contributed by atoms with Crippen molar-refractivity contribution in [2.45, 2.75) is 53.0 Å². The monoisotopic (exact) mass is 1870 g/mol. The van der Waals surface area contributed by atoms with Crippen LogP contribution in [0, 0.1) is 13.8 Å². The number of piperidine rings is 1. The van der Waals surface area contributed by atoms with Crippen LogP contribution in [0.2, 0.25) is 10.3 Å². The Morgan fingerprint density at radius 1 is 0.481 bits per heavy atom. The van der Waals surface area contributed by atoms with Crippen LogP contribution < -0.4 is 71.3 Å². The molecule has 12 aromatic rings. The first-order valence-corrected chi connectivity index (χ1v) is 45.2. The van der Waals surface area contributed by atoms with Crippen molar-refractivity contribution >= 4 is 154 Å². The summed E-state index contributed by atoms with van der Waals surface area (Å²) in [4.78, 5) is 87.4. The van der Waals surface area contributed by atoms with Gasteiger partial charge >= 0.3 is 0 Å². The van der Waals surface area contributed by atoms with E-state index in [2.05, 4.69) is 198 Å². The molecule has 16 rings (SSSR count). The van der Waals surface area contributed by atoms with E-state index in [1.54, 1.807) is 111 Å². The first kappa shape index (κ1) is 98.2. The van der Waals surface area contributed by atoms with Gasteiger partial charge in [-0.3, -0.25) is 24.0 Å². The highest BCUT2D eigenvalue weighted by Crippen LogP contribution is 2.44. The number of thiazole rings is 2. The first-order chi connectivity index (χ1) is 63.7. The van der Waals surface area contributed by atoms with Crippen LogP contribution in [0.15, 0.2) is 254 Å². The zero-order valence-corrected chi connectivity index (χ0v) is 78.1. The molecule has 3 amide bonds. The van der Waals surface area contributed by atoms with Crippen molar-refractivity contribution in [1.82, 2.24) is 34.6 Å². The Hall–Kier alpha value is -13.8. The smallest absolute Gasteiger partial charge is 0.299 e. The first-order valence-electron chi connectivity index (χ1n) is 42.8. The fourth-order valence-electron chi connectivity index (χ4n) is 14.9. The fraction of sp³-hybridized carbons (Fsp3) is 0.248. The van der Waals surface area contributed by atoms with Crippen molar-refractivity contribution in [3.05, 3.63) is 306 Å². The van der Waals surface area contributed by atoms with Crippen LogP contribution in [0.25, 0.3) is 0 Å². The maximum Gasteiger partial charge on any atom is 0.299 e. The van der Waals surface area contributed by atoms with Crippen LogP contribution >= 0.6 is 45.9 Å². The van der Waals surface area contributed by atoms with Crippen LogP contribution in [-0.4, -0.2) is 178 Å². The third-order valence-corrected chi connectivity index (χ3v) is 24.7. The van der Waals surface area contributed by atoms with Crippen molar-refractivity contribution in [2.75, 3.05) is 167 Å². The van der Waals surface area contributed by atoms with Crippen molar-refractivity contribution in [3.8, 4) is 33.1 Å². The molecule has 8 heterocycles. The number of nitrogens with zero attached hydrogens (tertiary/aromatic N) is 9. The number of allylic oxidation sites excluding steroid dienone is 1. The van der Waals surface area contributed by atoms with E-state index in [4.69, 9.17) is 51.0 Å². The number of halogens is 2. The van der Waals surface area contributed by atoms with E-state index in [0.29, 0.717) is 100 Å². The highest BCUT2D eigenvalue weighted by Gasteiger charge is 2.26. The quantitative estimate of drug-likeness (QED) is 0.0118. The number of benzene rings is 8. The summed E-state index contributed by atoms with van der Waals surface area (Å²) >= 11 is 15.3. The number of carbonyl (C=O) groups excluding carboxylic acids is 5. The number of fused-ring (bicyclic) bond motifs is 1. The molecule has 3 fully saturated rings. The number of aryl methyl sites for hydroxylation is 2. The van der Waals surface area contributed by atoms with Gasteiger partial charge in [0.25, 0.3) is 6.01 Å². The molecule has 0 radical (unpaired) electrons. The summed E-state index contributed by atoms with van der Waals surface area (Å²) in [6, 6.07) is 52.8. The number of nitrogens with one attached hydrogen (secondary N) is 8. The molecule has 4 aromatic heterocycles. The average molecular weight is 1870 g/mol. The molecule has 3 saturated heterocycles. The number of rotatable bonds is 30. The van der Waals surface area contributed by atoms with Gasteiger partial charge in [0.05, 0.1) is 37.4 Å². The summed E-state index contributed by atoms with van der Waals surface area (Å²) in [7, 11) is 11.8. The largest absolute Gasteiger partial charge is 0.494 e. The van der Waals surface area contributed by atoms with Gasteiger partial charge in [-0.25, -0.2) is 15.0 Å². The average Bonchev–Trinajstić information content (AvgIpc) is 1.77. The normalized spacial score (nSPS) is 13.8. The van der Waals surface area contributed by atoms with E-state index in [9.17, 15) is 24.0 Å². The molecule has 28 nitrogen and oxygen atoms in total. The molecule has 0 unspecified atom stereocenters. The third kappa shape index (κ3) is 27.2. The lowest BCUT2D eigenvalue weighted by Crippen LogP contribution is -2.44. The van der Waals surface area contributed by atoms with Gasteiger partial charge < -0.3 is 99.7 Å². The Labute approximate surface area is 794 Å². The minimum absolute atomic E-state index is 0. The van der Waals surface area contributed by atoms with Gasteiger partial charge in [-0.05, 0) is 217 Å². The minimum atomic E-state index is -0.358. The molecule has 0 atom stereocenters. The maximum atomic E-state index is 13.0. The van der Waals surface area contributed by atoms with Gasteiger partial charge in [0, 0.05) is 158 Å². The Morgan fingerprint density at radius 2 is 0.962 bits per heavy atom. The van der Waals surface area contributed by atoms with E-state index in [0.717, 1.165) is 131 Å². The highest BCUT2D eigenvalue weighted by molar-refractivity contribution is 7.18. The highest BCUT2D eigenvalue weighted by atomic mass is 35.5. The minimum Gasteiger partial charge on any atom is -0.494 e. The number of anilines is 14. The van der Waals surface area contributed by atoms with E-state index in [-0.39, 0.29) is 58.8 Å². The second-order valence-corrected chi connectivity index (χ2v) is 34.5. The standard InChI is InChI=1S/C27H30N4O3.C25H27ClN4O2S.C25H27N5O4.C23H23ClN4O2S.CH4/c1-5-19(2)28-22-8-6-7-20(15-22)27(32)21-16-26(34-18-21)29-24-10-9-23(17-25(24)33-4)31-13-11-30(3)12-14-31;1-4-22(31)27-19-6-5-7-20(15-19)32-24-23(26)29-25(33-24)28-21-9-8-18(14-16(21)2)17-10-12-30(3)13-11-17;1-4-23(31)27-18-7-5-6-17(14-18)24(32)22-16-26-25(34-22)28-20-9-8-19(15-21(20)33-3)30-12-10-29(2)11-13-30;1-4-20(29)25-17-6-5-7-18(12-17)30-22-21(24)27-23(31-22)26-19-11-15-8-9-28(3)13-16(15)10-14(19)2;/h5-10,15-18,28-29H,1-2,11-14H2,3-4H3;4-9,14-15,17H,1,10-13H2,2-3H3,(H,27,31)(H,28,29);4-9,14-16H,1,10-13H2,2-3H3,(H,26,28)(H,27,31);4-7,10-12H,1,8-9,13H2,2-3H3,(H,25,29)(H,26,27);1H4. The molecule has 4 aliphatic rings. The zero-order chi connectivity index (χ0) is 93.5. The summed E-state index contributed by atoms with van der Waals surface area (Å²) < 4.78 is 34.3. The number of ether oxygens (including phenoxy) is 4. The zero-order valence-electron chi connectivity index (χ0n) is 74.9. The molecular formula is C101H111Cl2N17O11S2. The van der Waals surface area contributed by atoms with Crippen molar-refractivity contribution < 1.29 is 51.8 Å². The van der Waals surface area contributed by atoms with Crippen molar-refractivity contribution in [2.24, 2.45) is 0 Å². The third-order valence-electron chi connectivity index (χ3n) is 22.2. The topological polar surface area (TPSA) is 303 Å². The lowest BCUT2D eigenvalue weighted by molar-refractivity contribution is -0.112. The Morgan fingerprint density at radius 3 is 1.48 bits per heavy atom. The van der Waals surface area contributed by atoms with Gasteiger partial charge in [-0.1, -0.05) is 141 Å². The predicted molar refractivity (Wildman–Crippen MR) is 539 cm³/mol. The van der Waals surface area contributed by atoms with Gasteiger partial charge in [-0.2, -0.15) is 0 Å². The van der Waals surface area contributed by atoms with Gasteiger partial charge in [0.1, 0.15) is 29.3 Å². The number of oxazole rings is 1. The number of furan rings is 1. The number of likely N-dealkylation sites (tertiary alicyclic amines) is 1. The molecule has 0 aliphatic carbocycles. The molecule has 0 saturated carbocycles. The van der Waals surface area contributed by atoms with Crippen LogP contribution in [-0.2, 0) is 27.3 Å². The van der Waals surface area contributed by atoms with E-state index in [1.807, 2.05) is 42.5 Å². The number of likely N-dealkylation sites (N-methyl/N-ethyl adjacent to an activating group) is 3. The van der Waals surface area contributed by atoms with Crippen LogP contribution in [0.4, 0.5) is 79.0 Å². The summed E-state index contributed by atoms with van der Waals surface area (Å²) in [6.45, 7) is 34.3. The summed E-state index contributed by atoms with van der Waals surface area (Å²) in [5.41, 5.74) is 16.6. The maximum absolute atomic E-state index is 13.0. The number of piperazine rings is 2. The van der Waals surface area contributed by atoms with E-state index in [1.165, 1.54) is 82.4 Å². The fourth-order valence-corrected chi connectivity index (χ4v) is 16.9. The van der Waals surface area contributed by atoms with Crippen LogP contribution in [0.3, 0.4) is 0 Å². The molecule has 0 bridgehead atoms. The number of hydrogen-bond acceptors (Lipinski definition) is 27. The van der Waals surface area contributed by atoms with E-state index < -0.39 is 0 Å². The van der Waals surface area contributed by atoms with Crippen molar-refractivity contribution in [1.29, 1.82) is 0 Å². The second-order valence-electron chi connectivity index (χ2n) is 31.9. The molecule has 4 aliphatic heterocycles.